The van der Waals surface area contributed by atoms with Crippen molar-refractivity contribution in [2.45, 2.75) is 13.8 Å². The van der Waals surface area contributed by atoms with Crippen LogP contribution in [0.15, 0.2) is 41.5 Å². The molecule has 0 unspecified atom stereocenters. The Kier molecular flexibility index (Phi) is 6.00. The molecule has 2 rings (SSSR count). The van der Waals surface area contributed by atoms with Crippen molar-refractivity contribution in [1.82, 2.24) is 5.43 Å². The van der Waals surface area contributed by atoms with Gasteiger partial charge in [-0.1, -0.05) is 17.7 Å². The highest BCUT2D eigenvalue weighted by atomic mass is 16.5. The summed E-state index contributed by atoms with van der Waals surface area (Å²) in [5.41, 5.74) is 7.17. The van der Waals surface area contributed by atoms with Crippen LogP contribution in [0.1, 0.15) is 16.7 Å². The number of carbonyl (C=O) groups excluding carboxylic acids is 1. The third-order valence-corrected chi connectivity index (χ3v) is 3.73. The van der Waals surface area contributed by atoms with Crippen LogP contribution in [0, 0.1) is 13.8 Å². The third kappa shape index (κ3) is 4.97. The third-order valence-electron chi connectivity index (χ3n) is 3.73. The van der Waals surface area contributed by atoms with Crippen LogP contribution in [0.2, 0.25) is 0 Å². The fraction of sp³-hybridized carbons (Fsp3) is 0.263. The summed E-state index contributed by atoms with van der Waals surface area (Å²) >= 11 is 0. The Balaban J connectivity index is 2.01. The Morgan fingerprint density at radius 1 is 1.16 bits per heavy atom. The summed E-state index contributed by atoms with van der Waals surface area (Å²) in [6, 6.07) is 11.2. The predicted octanol–water partition coefficient (Wildman–Crippen LogP) is 3.53. The van der Waals surface area contributed by atoms with Crippen LogP contribution in [0.3, 0.4) is 0 Å². The molecule has 0 bridgehead atoms. The normalized spacial score (nSPS) is 10.6. The number of hydrogen-bond acceptors (Lipinski definition) is 4. The lowest BCUT2D eigenvalue weighted by atomic mass is 10.1. The van der Waals surface area contributed by atoms with Crippen LogP contribution in [0.5, 0.6) is 5.75 Å². The number of hydrazone groups is 1. The Morgan fingerprint density at radius 2 is 1.92 bits per heavy atom. The summed E-state index contributed by atoms with van der Waals surface area (Å²) < 4.78 is 5.37. The molecule has 0 aliphatic heterocycles. The van der Waals surface area contributed by atoms with Gasteiger partial charge in [0.2, 0.25) is 0 Å². The molecule has 0 aliphatic rings. The number of urea groups is 1. The molecule has 0 radical (unpaired) electrons. The second kappa shape index (κ2) is 8.19. The van der Waals surface area contributed by atoms with Crippen molar-refractivity contribution in [2.75, 3.05) is 31.4 Å². The molecule has 2 aromatic rings. The predicted molar refractivity (Wildman–Crippen MR) is 103 cm³/mol. The quantitative estimate of drug-likeness (QED) is 0.646. The van der Waals surface area contributed by atoms with Gasteiger partial charge in [-0.2, -0.15) is 5.10 Å². The number of carbonyl (C=O) groups is 1. The Hall–Kier alpha value is -3.02. The molecule has 0 saturated heterocycles. The largest absolute Gasteiger partial charge is 0.496 e. The zero-order valence-electron chi connectivity index (χ0n) is 15.3. The first-order valence-corrected chi connectivity index (χ1v) is 7.93. The minimum atomic E-state index is -0.396. The number of nitrogens with zero attached hydrogens (tertiary/aromatic N) is 2. The van der Waals surface area contributed by atoms with Gasteiger partial charge in [0.15, 0.2) is 0 Å². The van der Waals surface area contributed by atoms with E-state index in [0.717, 1.165) is 28.1 Å². The number of rotatable bonds is 5. The van der Waals surface area contributed by atoms with Crippen LogP contribution in [0.4, 0.5) is 16.2 Å². The second-order valence-corrected chi connectivity index (χ2v) is 5.96. The highest BCUT2D eigenvalue weighted by Crippen LogP contribution is 2.23. The fourth-order valence-corrected chi connectivity index (χ4v) is 2.35. The first-order valence-electron chi connectivity index (χ1n) is 7.93. The highest BCUT2D eigenvalue weighted by Gasteiger charge is 2.05. The highest BCUT2D eigenvalue weighted by molar-refractivity contribution is 5.91. The van der Waals surface area contributed by atoms with Gasteiger partial charge < -0.3 is 15.0 Å². The molecular formula is C19H24N4O2. The van der Waals surface area contributed by atoms with Crippen molar-refractivity contribution in [3.63, 3.8) is 0 Å². The van der Waals surface area contributed by atoms with Gasteiger partial charge >= 0.3 is 6.03 Å². The van der Waals surface area contributed by atoms with Gasteiger partial charge in [0.25, 0.3) is 0 Å². The maximum absolute atomic E-state index is 12.0. The minimum absolute atomic E-state index is 0.396. The van der Waals surface area contributed by atoms with Crippen LogP contribution in [-0.4, -0.2) is 33.5 Å². The summed E-state index contributed by atoms with van der Waals surface area (Å²) in [5, 5.41) is 6.76. The number of amides is 2. The van der Waals surface area contributed by atoms with E-state index in [1.54, 1.807) is 13.3 Å². The molecule has 25 heavy (non-hydrogen) atoms. The number of benzene rings is 2. The molecule has 0 heterocycles. The van der Waals surface area contributed by atoms with Gasteiger partial charge in [0.05, 0.1) is 13.3 Å². The van der Waals surface area contributed by atoms with Gasteiger partial charge in [0.1, 0.15) is 5.75 Å². The van der Waals surface area contributed by atoms with E-state index in [1.165, 1.54) is 0 Å². The van der Waals surface area contributed by atoms with Gasteiger partial charge in [-0.25, -0.2) is 10.2 Å². The molecule has 2 amide bonds. The van der Waals surface area contributed by atoms with E-state index in [0.29, 0.717) is 5.75 Å². The number of methoxy groups -OCH3 is 1. The molecule has 0 aromatic heterocycles. The Bertz CT molecular complexity index is 785. The topological polar surface area (TPSA) is 66.0 Å². The Morgan fingerprint density at radius 3 is 2.56 bits per heavy atom. The number of anilines is 2. The molecule has 6 nitrogen and oxygen atoms in total. The van der Waals surface area contributed by atoms with Gasteiger partial charge in [-0.15, -0.1) is 0 Å². The molecule has 0 spiro atoms. The molecule has 132 valence electrons. The van der Waals surface area contributed by atoms with Crippen LogP contribution in [0.25, 0.3) is 0 Å². The van der Waals surface area contributed by atoms with E-state index in [1.807, 2.05) is 69.2 Å². The lowest BCUT2D eigenvalue weighted by Gasteiger charge is -2.14. The summed E-state index contributed by atoms with van der Waals surface area (Å²) in [5.74, 6) is 0.687. The molecule has 6 heteroatoms. The summed E-state index contributed by atoms with van der Waals surface area (Å²) in [6.07, 6.45) is 1.56. The molecule has 2 N–H and O–H groups in total. The molecule has 0 fully saturated rings. The van der Waals surface area contributed by atoms with Crippen molar-refractivity contribution < 1.29 is 9.53 Å². The number of hydrogen-bond donors (Lipinski definition) is 2. The van der Waals surface area contributed by atoms with Crippen LogP contribution in [-0.2, 0) is 0 Å². The minimum Gasteiger partial charge on any atom is -0.496 e. The maximum Gasteiger partial charge on any atom is 0.339 e. The van der Waals surface area contributed by atoms with Crippen molar-refractivity contribution in [1.29, 1.82) is 0 Å². The van der Waals surface area contributed by atoms with E-state index in [-0.39, 0.29) is 0 Å². The molecule has 0 atom stereocenters. The number of nitrogens with one attached hydrogen (secondary N) is 2. The van der Waals surface area contributed by atoms with Gasteiger partial charge in [0, 0.05) is 37.1 Å². The van der Waals surface area contributed by atoms with E-state index < -0.39 is 6.03 Å². The molecular weight excluding hydrogens is 316 g/mol. The number of aryl methyl sites for hydroxylation is 2. The van der Waals surface area contributed by atoms with Crippen LogP contribution < -0.4 is 20.4 Å². The first kappa shape index (κ1) is 18.3. The fourth-order valence-electron chi connectivity index (χ4n) is 2.35. The smallest absolute Gasteiger partial charge is 0.339 e. The number of ether oxygens (including phenoxy) is 1. The lowest BCUT2D eigenvalue weighted by Crippen LogP contribution is -2.24. The second-order valence-electron chi connectivity index (χ2n) is 5.96. The van der Waals surface area contributed by atoms with Gasteiger partial charge in [-0.05, 0) is 37.6 Å². The standard InChI is InChI=1S/C19H24N4O2/c1-13-6-9-17(14(2)10-13)21-19(24)22-20-12-15-7-8-16(23(3)4)11-18(15)25-5/h6-12H,1-5H3,(H2,21,22,24)/b20-12+. The average Bonchev–Trinajstić information content (AvgIpc) is 2.57. The van der Waals surface area contributed by atoms with Gasteiger partial charge in [-0.3, -0.25) is 0 Å². The van der Waals surface area contributed by atoms with Crippen molar-refractivity contribution in [3.05, 3.63) is 53.1 Å². The van der Waals surface area contributed by atoms with E-state index >= 15 is 0 Å². The molecule has 2 aromatic carbocycles. The SMILES string of the molecule is COc1cc(N(C)C)ccc1/C=N/NC(=O)Nc1ccc(C)cc1C. The molecule has 0 saturated carbocycles. The molecule has 0 aliphatic carbocycles. The van der Waals surface area contributed by atoms with E-state index in [4.69, 9.17) is 4.74 Å². The van der Waals surface area contributed by atoms with Crippen LogP contribution >= 0.6 is 0 Å². The van der Waals surface area contributed by atoms with E-state index in [2.05, 4.69) is 15.8 Å². The lowest BCUT2D eigenvalue weighted by molar-refractivity contribution is 0.252. The summed E-state index contributed by atoms with van der Waals surface area (Å²) in [7, 11) is 5.52. The average molecular weight is 340 g/mol. The maximum atomic E-state index is 12.0. The Labute approximate surface area is 148 Å². The van der Waals surface area contributed by atoms with Crippen molar-refractivity contribution in [2.24, 2.45) is 5.10 Å². The zero-order valence-corrected chi connectivity index (χ0v) is 15.3. The van der Waals surface area contributed by atoms with Crippen molar-refractivity contribution in [3.8, 4) is 5.75 Å². The first-order chi connectivity index (χ1) is 11.9. The van der Waals surface area contributed by atoms with E-state index in [9.17, 15) is 4.79 Å². The zero-order chi connectivity index (χ0) is 18.4. The monoisotopic (exact) mass is 340 g/mol. The van der Waals surface area contributed by atoms with Crippen molar-refractivity contribution >= 4 is 23.6 Å². The summed E-state index contributed by atoms with van der Waals surface area (Å²) in [6.45, 7) is 3.96. The summed E-state index contributed by atoms with van der Waals surface area (Å²) in [4.78, 5) is 13.9.